The van der Waals surface area contributed by atoms with Crippen LogP contribution in [0.25, 0.3) is 22.3 Å². The molecule has 25 heavy (non-hydrogen) atoms. The summed E-state index contributed by atoms with van der Waals surface area (Å²) in [6, 6.07) is 14.2. The third-order valence-electron chi connectivity index (χ3n) is 4.48. The fraction of sp³-hybridized carbons (Fsp3) is 0.250. The zero-order valence-corrected chi connectivity index (χ0v) is 13.8. The lowest BCUT2D eigenvalue weighted by molar-refractivity contribution is 0.0339. The highest BCUT2D eigenvalue weighted by Gasteiger charge is 2.15. The number of rotatable bonds is 3. The minimum Gasteiger partial charge on any atom is -0.507 e. The molecule has 4 rings (SSSR count). The molecule has 0 bridgehead atoms. The Hall–Kier alpha value is -2.63. The highest BCUT2D eigenvalue weighted by Crippen LogP contribution is 2.28. The molecule has 0 radical (unpaired) electrons. The molecule has 128 valence electrons. The molecule has 2 heterocycles. The van der Waals surface area contributed by atoms with Crippen molar-refractivity contribution in [3.8, 4) is 17.1 Å². The van der Waals surface area contributed by atoms with Crippen LogP contribution in [0.2, 0.25) is 0 Å². The minimum absolute atomic E-state index is 0.108. The molecule has 3 aromatic rings. The Balaban J connectivity index is 1.73. The van der Waals surface area contributed by atoms with Gasteiger partial charge in [-0.2, -0.15) is 0 Å². The van der Waals surface area contributed by atoms with Gasteiger partial charge in [-0.3, -0.25) is 9.69 Å². The molecule has 2 aromatic carbocycles. The summed E-state index contributed by atoms with van der Waals surface area (Å²) in [4.78, 5) is 14.8. The SMILES string of the molecule is O=c1cc(-c2ccccc2)oc2cc(O)c(CN3CCOCC3)cc12. The molecule has 0 atom stereocenters. The quantitative estimate of drug-likeness (QED) is 0.796. The van der Waals surface area contributed by atoms with Crippen molar-refractivity contribution in [1.82, 2.24) is 4.90 Å². The van der Waals surface area contributed by atoms with Crippen molar-refractivity contribution >= 4 is 11.0 Å². The standard InChI is InChI=1S/C20H19NO4/c22-17-11-20-16(10-15(17)13-21-6-8-24-9-7-21)18(23)12-19(25-20)14-4-2-1-3-5-14/h1-5,10-12,22H,6-9,13H2. The Morgan fingerprint density at radius 2 is 1.80 bits per heavy atom. The van der Waals surface area contributed by atoms with Crippen molar-refractivity contribution in [3.05, 3.63) is 64.3 Å². The molecule has 1 fully saturated rings. The van der Waals surface area contributed by atoms with Crippen LogP contribution >= 0.6 is 0 Å². The summed E-state index contributed by atoms with van der Waals surface area (Å²) in [6.07, 6.45) is 0. The molecule has 0 unspecified atom stereocenters. The molecule has 1 saturated heterocycles. The van der Waals surface area contributed by atoms with Crippen molar-refractivity contribution in [2.45, 2.75) is 6.54 Å². The molecule has 1 aliphatic heterocycles. The number of phenolic OH excluding ortho intramolecular Hbond substituents is 1. The van der Waals surface area contributed by atoms with Gasteiger partial charge < -0.3 is 14.3 Å². The smallest absolute Gasteiger partial charge is 0.193 e. The van der Waals surface area contributed by atoms with E-state index >= 15 is 0 Å². The van der Waals surface area contributed by atoms with E-state index in [1.165, 1.54) is 6.07 Å². The van der Waals surface area contributed by atoms with Gasteiger partial charge in [-0.05, 0) is 6.07 Å². The molecule has 5 heteroatoms. The lowest BCUT2D eigenvalue weighted by atomic mass is 10.1. The number of morpholine rings is 1. The van der Waals surface area contributed by atoms with Crippen LogP contribution in [0, 0.1) is 0 Å². The molecule has 1 aromatic heterocycles. The third kappa shape index (κ3) is 3.29. The Kier molecular flexibility index (Phi) is 4.26. The van der Waals surface area contributed by atoms with Gasteiger partial charge in [-0.1, -0.05) is 30.3 Å². The van der Waals surface area contributed by atoms with E-state index in [1.807, 2.05) is 30.3 Å². The topological polar surface area (TPSA) is 62.9 Å². The number of phenols is 1. The predicted molar refractivity (Wildman–Crippen MR) is 95.7 cm³/mol. The fourth-order valence-electron chi connectivity index (χ4n) is 3.11. The fourth-order valence-corrected chi connectivity index (χ4v) is 3.11. The summed E-state index contributed by atoms with van der Waals surface area (Å²) in [5.41, 5.74) is 1.85. The second kappa shape index (κ2) is 6.70. The lowest BCUT2D eigenvalue weighted by Gasteiger charge is -2.26. The average molecular weight is 337 g/mol. The molecule has 1 N–H and O–H groups in total. The third-order valence-corrected chi connectivity index (χ3v) is 4.48. The van der Waals surface area contributed by atoms with Gasteiger partial charge in [-0.25, -0.2) is 0 Å². The van der Waals surface area contributed by atoms with Crippen LogP contribution in [0.1, 0.15) is 5.56 Å². The maximum absolute atomic E-state index is 12.6. The summed E-state index contributed by atoms with van der Waals surface area (Å²) in [6.45, 7) is 3.61. The molecule has 1 aliphatic rings. The average Bonchev–Trinajstić information content (AvgIpc) is 2.64. The van der Waals surface area contributed by atoms with E-state index in [-0.39, 0.29) is 11.2 Å². The summed E-state index contributed by atoms with van der Waals surface area (Å²) in [7, 11) is 0. The van der Waals surface area contributed by atoms with Crippen molar-refractivity contribution in [2.24, 2.45) is 0 Å². The van der Waals surface area contributed by atoms with Gasteiger partial charge in [0.15, 0.2) is 5.43 Å². The van der Waals surface area contributed by atoms with Crippen LogP contribution in [0.4, 0.5) is 0 Å². The van der Waals surface area contributed by atoms with Crippen molar-refractivity contribution in [3.63, 3.8) is 0 Å². The Labute approximate surface area is 145 Å². The monoisotopic (exact) mass is 337 g/mol. The van der Waals surface area contributed by atoms with E-state index in [1.54, 1.807) is 12.1 Å². The van der Waals surface area contributed by atoms with Gasteiger partial charge in [0, 0.05) is 42.9 Å². The second-order valence-corrected chi connectivity index (χ2v) is 6.21. The number of fused-ring (bicyclic) bond motifs is 1. The Bertz CT molecular complexity index is 943. The van der Waals surface area contributed by atoms with Crippen LogP contribution in [-0.4, -0.2) is 36.3 Å². The summed E-state index contributed by atoms with van der Waals surface area (Å²) < 4.78 is 11.2. The molecule has 0 saturated carbocycles. The van der Waals surface area contributed by atoms with Gasteiger partial charge in [0.1, 0.15) is 17.1 Å². The highest BCUT2D eigenvalue weighted by molar-refractivity contribution is 5.81. The van der Waals surface area contributed by atoms with Crippen LogP contribution in [0.5, 0.6) is 5.75 Å². The van der Waals surface area contributed by atoms with E-state index < -0.39 is 0 Å². The largest absolute Gasteiger partial charge is 0.507 e. The van der Waals surface area contributed by atoms with Crippen LogP contribution < -0.4 is 5.43 Å². The Morgan fingerprint density at radius 3 is 2.56 bits per heavy atom. The van der Waals surface area contributed by atoms with E-state index in [0.717, 1.165) is 24.2 Å². The van der Waals surface area contributed by atoms with Gasteiger partial charge in [-0.15, -0.1) is 0 Å². The zero-order chi connectivity index (χ0) is 17.2. The first kappa shape index (κ1) is 15.9. The lowest BCUT2D eigenvalue weighted by Crippen LogP contribution is -2.35. The summed E-state index contributed by atoms with van der Waals surface area (Å²) in [5.74, 6) is 0.644. The normalized spacial score (nSPS) is 15.5. The first-order chi connectivity index (χ1) is 12.2. The predicted octanol–water partition coefficient (Wildman–Crippen LogP) is 3.00. The van der Waals surface area contributed by atoms with Crippen molar-refractivity contribution in [1.29, 1.82) is 0 Å². The number of hydrogen-bond donors (Lipinski definition) is 1. The van der Waals surface area contributed by atoms with E-state index in [2.05, 4.69) is 4.90 Å². The minimum atomic E-state index is -0.108. The number of ether oxygens (including phenoxy) is 1. The van der Waals surface area contributed by atoms with Crippen LogP contribution in [0.15, 0.2) is 57.7 Å². The number of benzene rings is 2. The van der Waals surface area contributed by atoms with Gasteiger partial charge in [0.05, 0.1) is 18.6 Å². The first-order valence-corrected chi connectivity index (χ1v) is 8.36. The highest BCUT2D eigenvalue weighted by atomic mass is 16.5. The molecule has 5 nitrogen and oxygen atoms in total. The van der Waals surface area contributed by atoms with Crippen LogP contribution in [0.3, 0.4) is 0 Å². The molecular weight excluding hydrogens is 318 g/mol. The number of nitrogens with zero attached hydrogens (tertiary/aromatic N) is 1. The van der Waals surface area contributed by atoms with E-state index in [0.29, 0.717) is 36.5 Å². The maximum atomic E-state index is 12.6. The zero-order valence-electron chi connectivity index (χ0n) is 13.8. The second-order valence-electron chi connectivity index (χ2n) is 6.21. The van der Waals surface area contributed by atoms with Gasteiger partial charge in [0.2, 0.25) is 0 Å². The first-order valence-electron chi connectivity index (χ1n) is 8.36. The van der Waals surface area contributed by atoms with Crippen LogP contribution in [-0.2, 0) is 11.3 Å². The number of hydrogen-bond acceptors (Lipinski definition) is 5. The molecule has 0 amide bonds. The molecule has 0 spiro atoms. The number of aromatic hydroxyl groups is 1. The van der Waals surface area contributed by atoms with E-state index in [4.69, 9.17) is 9.15 Å². The van der Waals surface area contributed by atoms with Crippen molar-refractivity contribution < 1.29 is 14.3 Å². The van der Waals surface area contributed by atoms with Gasteiger partial charge >= 0.3 is 0 Å². The summed E-state index contributed by atoms with van der Waals surface area (Å²) in [5, 5.41) is 10.9. The Morgan fingerprint density at radius 1 is 1.04 bits per heavy atom. The summed E-state index contributed by atoms with van der Waals surface area (Å²) >= 11 is 0. The molecular formula is C20H19NO4. The maximum Gasteiger partial charge on any atom is 0.193 e. The van der Waals surface area contributed by atoms with Gasteiger partial charge in [0.25, 0.3) is 0 Å². The van der Waals surface area contributed by atoms with Crippen molar-refractivity contribution in [2.75, 3.05) is 26.3 Å². The van der Waals surface area contributed by atoms with E-state index in [9.17, 15) is 9.90 Å². The molecule has 0 aliphatic carbocycles.